The first kappa shape index (κ1) is 15.1. The van der Waals surface area contributed by atoms with Crippen LogP contribution in [0.1, 0.15) is 33.1 Å². The van der Waals surface area contributed by atoms with Crippen LogP contribution in [0.5, 0.6) is 0 Å². The van der Waals surface area contributed by atoms with Crippen LogP contribution < -0.4 is 5.32 Å². The average molecular weight is 285 g/mol. The molecule has 110 valence electrons. The lowest BCUT2D eigenvalue weighted by Crippen LogP contribution is -2.43. The Balaban J connectivity index is 1.77. The van der Waals surface area contributed by atoms with E-state index < -0.39 is 0 Å². The van der Waals surface area contributed by atoms with Gasteiger partial charge in [-0.25, -0.2) is 0 Å². The zero-order valence-corrected chi connectivity index (χ0v) is 13.0. The minimum Gasteiger partial charge on any atom is -0.325 e. The molecule has 2 unspecified atom stereocenters. The lowest BCUT2D eigenvalue weighted by atomic mass is 10.1. The summed E-state index contributed by atoms with van der Waals surface area (Å²) >= 11 is 2.03. The zero-order valence-electron chi connectivity index (χ0n) is 12.2. The van der Waals surface area contributed by atoms with Gasteiger partial charge in [-0.1, -0.05) is 19.8 Å². The number of amides is 1. The monoisotopic (exact) mass is 285 g/mol. The van der Waals surface area contributed by atoms with Crippen LogP contribution >= 0.6 is 11.8 Å². The van der Waals surface area contributed by atoms with E-state index in [0.29, 0.717) is 5.91 Å². The highest BCUT2D eigenvalue weighted by Crippen LogP contribution is 2.16. The van der Waals surface area contributed by atoms with Gasteiger partial charge in [0, 0.05) is 37.7 Å². The van der Waals surface area contributed by atoms with Crippen molar-refractivity contribution in [3.05, 3.63) is 0 Å². The summed E-state index contributed by atoms with van der Waals surface area (Å²) in [5.74, 6) is 2.79. The molecule has 0 radical (unpaired) electrons. The van der Waals surface area contributed by atoms with Crippen molar-refractivity contribution < 1.29 is 4.79 Å². The Morgan fingerprint density at radius 2 is 2.05 bits per heavy atom. The maximum Gasteiger partial charge on any atom is 0.241 e. The summed E-state index contributed by atoms with van der Waals surface area (Å²) in [6.45, 7) is 8.53. The van der Waals surface area contributed by atoms with Crippen LogP contribution in [0, 0.1) is 0 Å². The molecule has 2 saturated heterocycles. The molecule has 5 heteroatoms. The van der Waals surface area contributed by atoms with Crippen molar-refractivity contribution in [3.8, 4) is 0 Å². The number of nitrogens with zero attached hydrogens (tertiary/aromatic N) is 2. The first-order valence-corrected chi connectivity index (χ1v) is 8.74. The first-order valence-electron chi connectivity index (χ1n) is 7.59. The van der Waals surface area contributed by atoms with Crippen molar-refractivity contribution in [3.63, 3.8) is 0 Å². The lowest BCUT2D eigenvalue weighted by Gasteiger charge is -2.29. The molecular formula is C14H27N3OS. The van der Waals surface area contributed by atoms with Crippen molar-refractivity contribution in [2.24, 2.45) is 0 Å². The largest absolute Gasteiger partial charge is 0.325 e. The number of nitrogens with one attached hydrogen (secondary N) is 1. The van der Waals surface area contributed by atoms with E-state index in [1.165, 1.54) is 24.6 Å². The third-order valence-electron chi connectivity index (χ3n) is 4.10. The van der Waals surface area contributed by atoms with Crippen LogP contribution in [0.4, 0.5) is 0 Å². The number of unbranched alkanes of at least 4 members (excludes halogenated alkanes) is 1. The summed E-state index contributed by atoms with van der Waals surface area (Å²) in [6, 6.07) is 0.0619. The number of hydrogen-bond donors (Lipinski definition) is 1. The fourth-order valence-corrected chi connectivity index (χ4v) is 3.81. The highest BCUT2D eigenvalue weighted by Gasteiger charge is 2.35. The lowest BCUT2D eigenvalue weighted by molar-refractivity contribution is -0.130. The summed E-state index contributed by atoms with van der Waals surface area (Å²) in [4.78, 5) is 16.8. The third-order valence-corrected chi connectivity index (χ3v) is 5.04. The Morgan fingerprint density at radius 3 is 2.74 bits per heavy atom. The minimum atomic E-state index is 0.0619. The Bertz CT molecular complexity index is 294. The maximum absolute atomic E-state index is 12.3. The zero-order chi connectivity index (χ0) is 13.7. The molecule has 2 fully saturated rings. The van der Waals surface area contributed by atoms with E-state index in [9.17, 15) is 4.79 Å². The van der Waals surface area contributed by atoms with Gasteiger partial charge in [0.2, 0.25) is 5.91 Å². The average Bonchev–Trinajstić information content (AvgIpc) is 2.70. The molecule has 1 N–H and O–H groups in total. The second kappa shape index (κ2) is 7.50. The summed E-state index contributed by atoms with van der Waals surface area (Å²) in [7, 11) is 0. The van der Waals surface area contributed by atoms with E-state index in [4.69, 9.17) is 0 Å². The molecule has 2 atom stereocenters. The molecule has 0 aliphatic carbocycles. The van der Waals surface area contributed by atoms with E-state index in [1.807, 2.05) is 16.7 Å². The van der Waals surface area contributed by atoms with E-state index >= 15 is 0 Å². The van der Waals surface area contributed by atoms with Crippen molar-refractivity contribution in [2.75, 3.05) is 37.7 Å². The fraction of sp³-hybridized carbons (Fsp3) is 0.929. The molecule has 0 bridgehead atoms. The van der Waals surface area contributed by atoms with Crippen LogP contribution in [0.2, 0.25) is 0 Å². The standard InChI is InChI=1S/C14H27N3OS/c1-3-4-5-13-14(18)17(12(2)15-13)7-6-16-8-10-19-11-9-16/h12-13,15H,3-11H2,1-2H3. The van der Waals surface area contributed by atoms with Gasteiger partial charge in [0.05, 0.1) is 12.2 Å². The molecular weight excluding hydrogens is 258 g/mol. The minimum absolute atomic E-state index is 0.0619. The predicted octanol–water partition coefficient (Wildman–Crippen LogP) is 1.37. The topological polar surface area (TPSA) is 35.6 Å². The number of rotatable bonds is 6. The molecule has 0 aromatic carbocycles. The summed E-state index contributed by atoms with van der Waals surface area (Å²) < 4.78 is 0. The normalized spacial score (nSPS) is 29.2. The predicted molar refractivity (Wildman–Crippen MR) is 81.4 cm³/mol. The molecule has 0 aromatic heterocycles. The molecule has 2 heterocycles. The van der Waals surface area contributed by atoms with Crippen LogP contribution in [0.15, 0.2) is 0 Å². The molecule has 0 spiro atoms. The molecule has 0 aromatic rings. The molecule has 2 rings (SSSR count). The van der Waals surface area contributed by atoms with Gasteiger partial charge in [0.25, 0.3) is 0 Å². The van der Waals surface area contributed by atoms with E-state index in [1.54, 1.807) is 0 Å². The van der Waals surface area contributed by atoms with Crippen LogP contribution in [0.3, 0.4) is 0 Å². The Morgan fingerprint density at radius 1 is 1.32 bits per heavy atom. The summed E-state index contributed by atoms with van der Waals surface area (Å²) in [5, 5.41) is 3.43. The Hall–Kier alpha value is -0.260. The van der Waals surface area contributed by atoms with Gasteiger partial charge < -0.3 is 4.90 Å². The quantitative estimate of drug-likeness (QED) is 0.799. The van der Waals surface area contributed by atoms with Crippen LogP contribution in [-0.2, 0) is 4.79 Å². The van der Waals surface area contributed by atoms with E-state index in [2.05, 4.69) is 24.1 Å². The highest BCUT2D eigenvalue weighted by atomic mass is 32.2. The van der Waals surface area contributed by atoms with Gasteiger partial charge in [0.1, 0.15) is 0 Å². The maximum atomic E-state index is 12.3. The van der Waals surface area contributed by atoms with Gasteiger partial charge in [0.15, 0.2) is 0 Å². The van der Waals surface area contributed by atoms with Gasteiger partial charge in [-0.15, -0.1) is 0 Å². The first-order chi connectivity index (χ1) is 9.22. The van der Waals surface area contributed by atoms with E-state index in [-0.39, 0.29) is 12.2 Å². The smallest absolute Gasteiger partial charge is 0.241 e. The van der Waals surface area contributed by atoms with Crippen molar-refractivity contribution >= 4 is 17.7 Å². The van der Waals surface area contributed by atoms with Crippen molar-refractivity contribution in [1.29, 1.82) is 0 Å². The summed E-state index contributed by atoms with van der Waals surface area (Å²) in [5.41, 5.74) is 0. The molecule has 2 aliphatic rings. The molecule has 2 aliphatic heterocycles. The summed E-state index contributed by atoms with van der Waals surface area (Å²) in [6.07, 6.45) is 3.48. The second-order valence-corrected chi connectivity index (χ2v) is 6.75. The molecule has 19 heavy (non-hydrogen) atoms. The number of carbonyl (C=O) groups excluding carboxylic acids is 1. The Kier molecular flexibility index (Phi) is 5.98. The van der Waals surface area contributed by atoms with Crippen LogP contribution in [0.25, 0.3) is 0 Å². The van der Waals surface area contributed by atoms with Gasteiger partial charge >= 0.3 is 0 Å². The molecule has 0 saturated carbocycles. The fourth-order valence-electron chi connectivity index (χ4n) is 2.84. The SMILES string of the molecule is CCCCC1NC(C)N(CCN2CCSCC2)C1=O. The van der Waals surface area contributed by atoms with Gasteiger partial charge in [-0.05, 0) is 13.3 Å². The van der Waals surface area contributed by atoms with E-state index in [0.717, 1.165) is 32.4 Å². The third kappa shape index (κ3) is 4.10. The Labute approximate surface area is 121 Å². The highest BCUT2D eigenvalue weighted by molar-refractivity contribution is 7.99. The number of carbonyl (C=O) groups is 1. The van der Waals surface area contributed by atoms with Gasteiger partial charge in [-0.3, -0.25) is 15.0 Å². The molecule has 1 amide bonds. The van der Waals surface area contributed by atoms with Crippen molar-refractivity contribution in [1.82, 2.24) is 15.1 Å². The van der Waals surface area contributed by atoms with Crippen molar-refractivity contribution in [2.45, 2.75) is 45.3 Å². The second-order valence-electron chi connectivity index (χ2n) is 5.52. The van der Waals surface area contributed by atoms with Gasteiger partial charge in [-0.2, -0.15) is 11.8 Å². The number of thioether (sulfide) groups is 1. The molecule has 4 nitrogen and oxygen atoms in total. The number of hydrogen-bond acceptors (Lipinski definition) is 4. The van der Waals surface area contributed by atoms with Crippen LogP contribution in [-0.4, -0.2) is 65.6 Å².